The molecule has 79 heavy (non-hydrogen) atoms. The smallest absolute Gasteiger partial charge is 0.220 e. The first-order valence-corrected chi connectivity index (χ1v) is 34.4. The standard InChI is InChI=1S/C70H131NO8/c1-3-5-7-9-11-13-15-17-19-21-23-25-27-28-29-30-31-32-33-34-35-36-38-40-42-44-46-48-50-52-54-56-58-60-66(74)71-63(62-78-70-69(77)68(76)67(75)65(61-72)79-70)64(73)59-57-55-53-51-49-47-45-43-41-39-37-26-24-22-20-18-16-14-12-10-8-6-4-2/h28-29,41,43,49,51,57,59,63-65,67-70,72-73,75-77H,3-27,30-40,42,44-48,50,52-56,58,60-62H2,1-2H3,(H,71,74)/b29-28-,43-41+,51-49+,59-57+. The number of aliphatic hydroxyl groups is 5. The second-order valence-electron chi connectivity index (χ2n) is 24.0. The highest BCUT2D eigenvalue weighted by Gasteiger charge is 2.44. The zero-order chi connectivity index (χ0) is 57.2. The molecule has 1 fully saturated rings. The van der Waals surface area contributed by atoms with Crippen molar-refractivity contribution in [1.29, 1.82) is 0 Å². The molecule has 0 aromatic heterocycles. The number of ether oxygens (including phenoxy) is 2. The van der Waals surface area contributed by atoms with Gasteiger partial charge in [0.05, 0.1) is 25.4 Å². The number of aliphatic hydroxyl groups excluding tert-OH is 5. The van der Waals surface area contributed by atoms with E-state index in [1.54, 1.807) is 6.08 Å². The maximum absolute atomic E-state index is 13.1. The second-order valence-corrected chi connectivity index (χ2v) is 24.0. The lowest BCUT2D eigenvalue weighted by Crippen LogP contribution is -2.60. The number of unbranched alkanes of at least 4 members (excludes halogenated alkanes) is 44. The lowest BCUT2D eigenvalue weighted by atomic mass is 9.99. The van der Waals surface area contributed by atoms with Crippen LogP contribution in [0.5, 0.6) is 0 Å². The number of carbonyl (C=O) groups is 1. The molecule has 0 aliphatic carbocycles. The Morgan fingerprint density at radius 3 is 1.06 bits per heavy atom. The number of allylic oxidation sites excluding steroid dienone is 7. The Labute approximate surface area is 488 Å². The van der Waals surface area contributed by atoms with Gasteiger partial charge in [0.25, 0.3) is 0 Å². The molecule has 0 saturated carbocycles. The van der Waals surface area contributed by atoms with Gasteiger partial charge in [-0.3, -0.25) is 4.79 Å². The van der Waals surface area contributed by atoms with Gasteiger partial charge in [0.2, 0.25) is 5.91 Å². The van der Waals surface area contributed by atoms with E-state index >= 15 is 0 Å². The predicted molar refractivity (Wildman–Crippen MR) is 336 cm³/mol. The summed E-state index contributed by atoms with van der Waals surface area (Å²) in [5.74, 6) is -0.186. The summed E-state index contributed by atoms with van der Waals surface area (Å²) in [6.45, 7) is 3.80. The van der Waals surface area contributed by atoms with E-state index in [0.717, 1.165) is 44.9 Å². The van der Waals surface area contributed by atoms with Crippen LogP contribution in [-0.2, 0) is 14.3 Å². The highest BCUT2D eigenvalue weighted by molar-refractivity contribution is 5.76. The van der Waals surface area contributed by atoms with E-state index in [1.807, 2.05) is 6.08 Å². The fourth-order valence-corrected chi connectivity index (χ4v) is 11.0. The van der Waals surface area contributed by atoms with Crippen LogP contribution < -0.4 is 5.32 Å². The summed E-state index contributed by atoms with van der Waals surface area (Å²) in [7, 11) is 0. The number of hydrogen-bond acceptors (Lipinski definition) is 8. The van der Waals surface area contributed by atoms with Gasteiger partial charge in [-0.25, -0.2) is 0 Å². The minimum atomic E-state index is -1.58. The normalized spacial score (nSPS) is 18.8. The minimum absolute atomic E-state index is 0.186. The summed E-state index contributed by atoms with van der Waals surface area (Å²) in [5.41, 5.74) is 0. The molecule has 0 aromatic carbocycles. The highest BCUT2D eigenvalue weighted by atomic mass is 16.7. The van der Waals surface area contributed by atoms with Gasteiger partial charge in [0.1, 0.15) is 24.4 Å². The molecule has 1 rings (SSSR count). The number of nitrogens with one attached hydrogen (secondary N) is 1. The average molecular weight is 1110 g/mol. The molecule has 9 heteroatoms. The summed E-state index contributed by atoms with van der Waals surface area (Å²) < 4.78 is 11.3. The molecule has 6 N–H and O–H groups in total. The molecule has 0 radical (unpaired) electrons. The third-order valence-electron chi connectivity index (χ3n) is 16.4. The topological polar surface area (TPSA) is 149 Å². The first-order chi connectivity index (χ1) is 38.8. The summed E-state index contributed by atoms with van der Waals surface area (Å²) >= 11 is 0. The average Bonchev–Trinajstić information content (AvgIpc) is 3.47. The van der Waals surface area contributed by atoms with Crippen LogP contribution in [0.3, 0.4) is 0 Å². The fourth-order valence-electron chi connectivity index (χ4n) is 11.0. The van der Waals surface area contributed by atoms with Crippen LogP contribution in [0.25, 0.3) is 0 Å². The summed E-state index contributed by atoms with van der Waals surface area (Å²) in [6, 6.07) is -0.829. The van der Waals surface area contributed by atoms with Crippen LogP contribution in [0.1, 0.15) is 335 Å². The quantitative estimate of drug-likeness (QED) is 0.0261. The molecule has 0 aromatic rings. The molecule has 9 nitrogen and oxygen atoms in total. The second kappa shape index (κ2) is 59.3. The molecular weight excluding hydrogens is 983 g/mol. The Kier molecular flexibility index (Phi) is 56.4. The maximum atomic E-state index is 13.1. The zero-order valence-corrected chi connectivity index (χ0v) is 51.9. The Balaban J connectivity index is 2.14. The van der Waals surface area contributed by atoms with Gasteiger partial charge >= 0.3 is 0 Å². The lowest BCUT2D eigenvalue weighted by Gasteiger charge is -2.40. The molecule has 0 spiro atoms. The summed E-state index contributed by atoms with van der Waals surface area (Å²) in [5, 5.41) is 54.7. The molecule has 1 aliphatic rings. The summed E-state index contributed by atoms with van der Waals surface area (Å²) in [6.07, 6.45) is 73.6. The third-order valence-corrected chi connectivity index (χ3v) is 16.4. The van der Waals surface area contributed by atoms with Crippen molar-refractivity contribution in [2.45, 2.75) is 378 Å². The fraction of sp³-hybridized carbons (Fsp3) is 0.871. The van der Waals surface area contributed by atoms with Gasteiger partial charge in [-0.1, -0.05) is 306 Å². The Morgan fingerprint density at radius 1 is 0.418 bits per heavy atom. The number of rotatable bonds is 60. The van der Waals surface area contributed by atoms with Crippen molar-refractivity contribution in [2.24, 2.45) is 0 Å². The molecular formula is C70H131NO8. The molecule has 1 aliphatic heterocycles. The lowest BCUT2D eigenvalue weighted by molar-refractivity contribution is -0.302. The Hall–Kier alpha value is -1.85. The number of amides is 1. The van der Waals surface area contributed by atoms with Crippen LogP contribution in [0.15, 0.2) is 48.6 Å². The van der Waals surface area contributed by atoms with Crippen molar-refractivity contribution in [3.8, 4) is 0 Å². The molecule has 7 atom stereocenters. The Morgan fingerprint density at radius 2 is 0.722 bits per heavy atom. The van der Waals surface area contributed by atoms with Crippen molar-refractivity contribution in [3.05, 3.63) is 48.6 Å². The number of carbonyl (C=O) groups excluding carboxylic acids is 1. The van der Waals surface area contributed by atoms with E-state index in [2.05, 4.69) is 55.6 Å². The Bertz CT molecular complexity index is 1380. The van der Waals surface area contributed by atoms with Crippen molar-refractivity contribution < 1.29 is 39.8 Å². The van der Waals surface area contributed by atoms with Crippen molar-refractivity contribution in [3.63, 3.8) is 0 Å². The number of hydrogen-bond donors (Lipinski definition) is 6. The van der Waals surface area contributed by atoms with Crippen LogP contribution in [0, 0.1) is 0 Å². The van der Waals surface area contributed by atoms with E-state index < -0.39 is 49.5 Å². The van der Waals surface area contributed by atoms with Gasteiger partial charge in [0, 0.05) is 6.42 Å². The van der Waals surface area contributed by atoms with E-state index in [1.165, 1.54) is 270 Å². The van der Waals surface area contributed by atoms with Gasteiger partial charge < -0.3 is 40.3 Å². The van der Waals surface area contributed by atoms with Crippen LogP contribution in [-0.4, -0.2) is 87.5 Å². The molecule has 0 bridgehead atoms. The molecule has 1 amide bonds. The van der Waals surface area contributed by atoms with Crippen LogP contribution in [0.2, 0.25) is 0 Å². The zero-order valence-electron chi connectivity index (χ0n) is 51.9. The van der Waals surface area contributed by atoms with Crippen LogP contribution in [0.4, 0.5) is 0 Å². The monoisotopic (exact) mass is 1110 g/mol. The van der Waals surface area contributed by atoms with Crippen molar-refractivity contribution in [1.82, 2.24) is 5.32 Å². The molecule has 1 heterocycles. The van der Waals surface area contributed by atoms with Gasteiger partial charge in [-0.2, -0.15) is 0 Å². The largest absolute Gasteiger partial charge is 0.394 e. The first-order valence-electron chi connectivity index (χ1n) is 34.4. The van der Waals surface area contributed by atoms with Gasteiger partial charge in [-0.05, 0) is 70.6 Å². The minimum Gasteiger partial charge on any atom is -0.394 e. The van der Waals surface area contributed by atoms with Gasteiger partial charge in [-0.15, -0.1) is 0 Å². The predicted octanol–water partition coefficient (Wildman–Crippen LogP) is 18.4. The maximum Gasteiger partial charge on any atom is 0.220 e. The SMILES string of the molecule is CCCCCCCCCCCCCC/C=C\CCCCCCCCCCCCCCCCCCCC(=O)NC(COC1OC(CO)C(O)C(O)C1O)C(O)/C=C/CC/C=C/CC/C=C/CCCCCCCCCCCCCCC. The van der Waals surface area contributed by atoms with E-state index in [-0.39, 0.29) is 12.5 Å². The van der Waals surface area contributed by atoms with Crippen molar-refractivity contribution in [2.75, 3.05) is 13.2 Å². The molecule has 1 saturated heterocycles. The molecule has 464 valence electrons. The first kappa shape index (κ1) is 75.2. The van der Waals surface area contributed by atoms with Crippen molar-refractivity contribution >= 4 is 5.91 Å². The third kappa shape index (κ3) is 48.3. The van der Waals surface area contributed by atoms with Crippen LogP contribution >= 0.6 is 0 Å². The van der Waals surface area contributed by atoms with E-state index in [0.29, 0.717) is 6.42 Å². The molecule has 7 unspecified atom stereocenters. The van der Waals surface area contributed by atoms with Gasteiger partial charge in [0.15, 0.2) is 6.29 Å². The van der Waals surface area contributed by atoms with E-state index in [9.17, 15) is 30.3 Å². The highest BCUT2D eigenvalue weighted by Crippen LogP contribution is 2.23. The van der Waals surface area contributed by atoms with E-state index in [4.69, 9.17) is 9.47 Å². The summed E-state index contributed by atoms with van der Waals surface area (Å²) in [4.78, 5) is 13.1.